The molecule has 0 bridgehead atoms. The summed E-state index contributed by atoms with van der Waals surface area (Å²) in [6, 6.07) is 17.9. The van der Waals surface area contributed by atoms with Crippen molar-refractivity contribution in [2.24, 2.45) is 0 Å². The third kappa shape index (κ3) is 2.76. The molecule has 0 aliphatic carbocycles. The van der Waals surface area contributed by atoms with Crippen molar-refractivity contribution in [1.29, 1.82) is 0 Å². The molecule has 1 aliphatic heterocycles. The molecule has 98 valence electrons. The number of thioether (sulfide) groups is 1. The van der Waals surface area contributed by atoms with Crippen LogP contribution in [0, 0.1) is 0 Å². The van der Waals surface area contributed by atoms with Gasteiger partial charge >= 0.3 is 0 Å². The largest absolute Gasteiger partial charge is 0.374 e. The van der Waals surface area contributed by atoms with Gasteiger partial charge < -0.3 is 4.74 Å². The van der Waals surface area contributed by atoms with Crippen LogP contribution < -0.4 is 5.06 Å². The van der Waals surface area contributed by atoms with E-state index in [4.69, 9.17) is 4.74 Å². The molecular weight excluding hydrogens is 258 g/mol. The van der Waals surface area contributed by atoms with Gasteiger partial charge in [-0.05, 0) is 17.7 Å². The van der Waals surface area contributed by atoms with Gasteiger partial charge in [0.25, 0.3) is 0 Å². The Bertz CT molecular complexity index is 547. The van der Waals surface area contributed by atoms with Gasteiger partial charge in [-0.3, -0.25) is 5.21 Å². The van der Waals surface area contributed by atoms with E-state index in [1.54, 1.807) is 11.8 Å². The lowest BCUT2D eigenvalue weighted by molar-refractivity contribution is 0.101. The van der Waals surface area contributed by atoms with E-state index in [0.717, 1.165) is 16.1 Å². The van der Waals surface area contributed by atoms with Gasteiger partial charge in [0.15, 0.2) is 0 Å². The summed E-state index contributed by atoms with van der Waals surface area (Å²) < 4.78 is 5.68. The van der Waals surface area contributed by atoms with Crippen molar-refractivity contribution in [3.8, 4) is 0 Å². The van der Waals surface area contributed by atoms with Gasteiger partial charge in [-0.15, -0.1) is 0 Å². The van der Waals surface area contributed by atoms with Gasteiger partial charge in [0.2, 0.25) is 0 Å². The van der Waals surface area contributed by atoms with E-state index in [0.29, 0.717) is 13.2 Å². The zero-order chi connectivity index (χ0) is 13.1. The van der Waals surface area contributed by atoms with Crippen LogP contribution >= 0.6 is 11.8 Å². The standard InChI is InChI=1S/C15H15NO2S/c17-16-13-8-4-5-9-14(13)19-15(16)11-18-10-12-6-2-1-3-7-12/h1-9,15,17H,10-11H2. The lowest BCUT2D eigenvalue weighted by Crippen LogP contribution is -2.29. The van der Waals surface area contributed by atoms with E-state index in [1.165, 1.54) is 5.06 Å². The van der Waals surface area contributed by atoms with E-state index >= 15 is 0 Å². The summed E-state index contributed by atoms with van der Waals surface area (Å²) in [7, 11) is 0. The number of rotatable bonds is 4. The third-order valence-electron chi connectivity index (χ3n) is 3.02. The average Bonchev–Trinajstić information content (AvgIpc) is 2.78. The molecule has 1 aliphatic rings. The molecule has 2 aromatic carbocycles. The maximum Gasteiger partial charge on any atom is 0.129 e. The number of nitrogens with zero attached hydrogens (tertiary/aromatic N) is 1. The van der Waals surface area contributed by atoms with Crippen molar-refractivity contribution in [1.82, 2.24) is 0 Å². The van der Waals surface area contributed by atoms with Crippen LogP contribution in [0.1, 0.15) is 5.56 Å². The molecule has 1 N–H and O–H groups in total. The minimum atomic E-state index is -0.0684. The molecule has 19 heavy (non-hydrogen) atoms. The summed E-state index contributed by atoms with van der Waals surface area (Å²) in [5, 5.41) is 11.3. The van der Waals surface area contributed by atoms with Crippen molar-refractivity contribution < 1.29 is 9.94 Å². The maximum absolute atomic E-state index is 10.1. The van der Waals surface area contributed by atoms with Crippen molar-refractivity contribution in [2.75, 3.05) is 11.7 Å². The number of ether oxygens (including phenoxy) is 1. The van der Waals surface area contributed by atoms with Crippen LogP contribution in [0.5, 0.6) is 0 Å². The second kappa shape index (κ2) is 5.65. The van der Waals surface area contributed by atoms with Gasteiger partial charge in [-0.25, -0.2) is 5.06 Å². The molecule has 3 nitrogen and oxygen atoms in total. The predicted molar refractivity (Wildman–Crippen MR) is 76.5 cm³/mol. The molecule has 0 spiro atoms. The first-order valence-electron chi connectivity index (χ1n) is 6.20. The number of fused-ring (bicyclic) bond motifs is 1. The van der Waals surface area contributed by atoms with Crippen molar-refractivity contribution >= 4 is 17.4 Å². The minimum Gasteiger partial charge on any atom is -0.374 e. The average molecular weight is 273 g/mol. The molecule has 2 aromatic rings. The van der Waals surface area contributed by atoms with Crippen LogP contribution in [-0.4, -0.2) is 17.2 Å². The topological polar surface area (TPSA) is 32.7 Å². The summed E-state index contributed by atoms with van der Waals surface area (Å²) in [6.07, 6.45) is 0. The van der Waals surface area contributed by atoms with Gasteiger partial charge in [0.05, 0.1) is 18.9 Å². The molecule has 1 unspecified atom stereocenters. The fourth-order valence-electron chi connectivity index (χ4n) is 2.05. The van der Waals surface area contributed by atoms with Crippen LogP contribution in [0.3, 0.4) is 0 Å². The lowest BCUT2D eigenvalue weighted by atomic mass is 10.2. The van der Waals surface area contributed by atoms with E-state index in [2.05, 4.69) is 0 Å². The van der Waals surface area contributed by atoms with Gasteiger partial charge in [-0.1, -0.05) is 54.2 Å². The number of hydroxylamine groups is 1. The Hall–Kier alpha value is -1.49. The highest BCUT2D eigenvalue weighted by molar-refractivity contribution is 8.00. The summed E-state index contributed by atoms with van der Waals surface area (Å²) in [4.78, 5) is 1.10. The Kier molecular flexibility index (Phi) is 3.73. The van der Waals surface area contributed by atoms with E-state index < -0.39 is 0 Å². The zero-order valence-corrected chi connectivity index (χ0v) is 11.2. The smallest absolute Gasteiger partial charge is 0.129 e. The number of hydrogen-bond donors (Lipinski definition) is 1. The molecular formula is C15H15NO2S. The summed E-state index contributed by atoms with van der Waals surface area (Å²) in [6.45, 7) is 1.06. The van der Waals surface area contributed by atoms with Crippen LogP contribution in [0.4, 0.5) is 5.69 Å². The molecule has 0 saturated heterocycles. The van der Waals surface area contributed by atoms with Crippen LogP contribution in [-0.2, 0) is 11.3 Å². The van der Waals surface area contributed by atoms with E-state index in [1.807, 2.05) is 54.6 Å². The molecule has 4 heteroatoms. The minimum absolute atomic E-state index is 0.0684. The summed E-state index contributed by atoms with van der Waals surface area (Å²) in [5.41, 5.74) is 2.01. The predicted octanol–water partition coefficient (Wildman–Crippen LogP) is 3.53. The van der Waals surface area contributed by atoms with Crippen LogP contribution in [0.25, 0.3) is 0 Å². The molecule has 1 atom stereocenters. The zero-order valence-electron chi connectivity index (χ0n) is 10.4. The normalized spacial score (nSPS) is 17.5. The van der Waals surface area contributed by atoms with Gasteiger partial charge in [0, 0.05) is 4.90 Å². The van der Waals surface area contributed by atoms with Crippen molar-refractivity contribution in [3.63, 3.8) is 0 Å². The van der Waals surface area contributed by atoms with E-state index in [9.17, 15) is 5.21 Å². The Labute approximate surface area is 116 Å². The van der Waals surface area contributed by atoms with Gasteiger partial charge in [-0.2, -0.15) is 0 Å². The first-order chi connectivity index (χ1) is 9.34. The highest BCUT2D eigenvalue weighted by atomic mass is 32.2. The SMILES string of the molecule is ON1c2ccccc2SC1COCc1ccccc1. The fourth-order valence-corrected chi connectivity index (χ4v) is 3.16. The first-order valence-corrected chi connectivity index (χ1v) is 7.08. The Morgan fingerprint density at radius 1 is 1.05 bits per heavy atom. The number of benzene rings is 2. The molecule has 0 saturated carbocycles. The lowest BCUT2D eigenvalue weighted by Gasteiger charge is -2.19. The summed E-state index contributed by atoms with van der Waals surface area (Å²) >= 11 is 1.63. The summed E-state index contributed by atoms with van der Waals surface area (Å²) in [5.74, 6) is 0. The van der Waals surface area contributed by atoms with Crippen molar-refractivity contribution in [3.05, 3.63) is 60.2 Å². The van der Waals surface area contributed by atoms with Crippen LogP contribution in [0.2, 0.25) is 0 Å². The second-order valence-corrected chi connectivity index (χ2v) is 5.61. The van der Waals surface area contributed by atoms with Crippen LogP contribution in [0.15, 0.2) is 59.5 Å². The second-order valence-electron chi connectivity index (χ2n) is 4.39. The number of anilines is 1. The maximum atomic E-state index is 10.1. The monoisotopic (exact) mass is 273 g/mol. The highest BCUT2D eigenvalue weighted by Gasteiger charge is 2.28. The molecule has 0 aromatic heterocycles. The molecule has 1 heterocycles. The molecule has 3 rings (SSSR count). The first kappa shape index (κ1) is 12.5. The third-order valence-corrected chi connectivity index (χ3v) is 4.23. The quantitative estimate of drug-likeness (QED) is 0.923. The number of hydrogen-bond acceptors (Lipinski definition) is 4. The Balaban J connectivity index is 1.55. The van der Waals surface area contributed by atoms with E-state index in [-0.39, 0.29) is 5.37 Å². The van der Waals surface area contributed by atoms with Gasteiger partial charge in [0.1, 0.15) is 5.37 Å². The number of para-hydroxylation sites is 1. The Morgan fingerprint density at radius 3 is 2.58 bits per heavy atom. The molecule has 0 fully saturated rings. The molecule has 0 radical (unpaired) electrons. The van der Waals surface area contributed by atoms with Crippen molar-refractivity contribution in [2.45, 2.75) is 16.9 Å². The Morgan fingerprint density at radius 2 is 1.79 bits per heavy atom. The molecule has 0 amide bonds. The highest BCUT2D eigenvalue weighted by Crippen LogP contribution is 2.41. The fraction of sp³-hybridized carbons (Fsp3) is 0.200.